The van der Waals surface area contributed by atoms with Gasteiger partial charge in [0.15, 0.2) is 0 Å². The summed E-state index contributed by atoms with van der Waals surface area (Å²) in [5.41, 5.74) is 8.66. The van der Waals surface area contributed by atoms with E-state index in [0.29, 0.717) is 0 Å². The van der Waals surface area contributed by atoms with Gasteiger partial charge in [0.1, 0.15) is 0 Å². The largest absolute Gasteiger partial charge is 0.372 e. The molecule has 0 spiro atoms. The molecule has 2 nitrogen and oxygen atoms in total. The number of benzene rings is 1. The van der Waals surface area contributed by atoms with Gasteiger partial charge in [-0.25, -0.2) is 0 Å². The lowest BCUT2D eigenvalue weighted by Crippen LogP contribution is -2.33. The Bertz CT molecular complexity index is 350. The van der Waals surface area contributed by atoms with Crippen molar-refractivity contribution in [1.29, 1.82) is 0 Å². The zero-order valence-electron chi connectivity index (χ0n) is 11.7. The van der Waals surface area contributed by atoms with Gasteiger partial charge in [0, 0.05) is 24.8 Å². The molecule has 1 aromatic carbocycles. The van der Waals surface area contributed by atoms with E-state index >= 15 is 0 Å². The molecule has 2 N–H and O–H groups in total. The molecule has 0 unspecified atom stereocenters. The number of piperidine rings is 1. The summed E-state index contributed by atoms with van der Waals surface area (Å²) in [7, 11) is 0. The molecule has 1 saturated heterocycles. The maximum atomic E-state index is 6.05. The van der Waals surface area contributed by atoms with Gasteiger partial charge in [-0.1, -0.05) is 32.4 Å². The highest BCUT2D eigenvalue weighted by Crippen LogP contribution is 2.26. The molecule has 0 aromatic heterocycles. The van der Waals surface area contributed by atoms with Crippen molar-refractivity contribution < 1.29 is 0 Å². The molecule has 1 aliphatic heterocycles. The maximum Gasteiger partial charge on any atom is 0.0366 e. The van der Waals surface area contributed by atoms with Crippen molar-refractivity contribution in [3.05, 3.63) is 29.8 Å². The highest BCUT2D eigenvalue weighted by atomic mass is 15.1. The zero-order chi connectivity index (χ0) is 13.0. The van der Waals surface area contributed by atoms with E-state index in [0.717, 1.165) is 12.3 Å². The molecule has 2 heteroatoms. The van der Waals surface area contributed by atoms with Crippen molar-refractivity contribution >= 4 is 5.69 Å². The van der Waals surface area contributed by atoms with Crippen molar-refractivity contribution in [1.82, 2.24) is 0 Å². The Kier molecular flexibility index (Phi) is 4.65. The van der Waals surface area contributed by atoms with Crippen LogP contribution >= 0.6 is 0 Å². The molecule has 0 saturated carbocycles. The predicted octanol–water partition coefficient (Wildman–Crippen LogP) is 3.72. The van der Waals surface area contributed by atoms with Crippen LogP contribution in [0.1, 0.15) is 51.1 Å². The molecule has 0 radical (unpaired) electrons. The maximum absolute atomic E-state index is 6.05. The minimum atomic E-state index is 0.185. The molecule has 18 heavy (non-hydrogen) atoms. The van der Waals surface area contributed by atoms with Gasteiger partial charge in [0.25, 0.3) is 0 Å². The van der Waals surface area contributed by atoms with E-state index in [1.165, 1.54) is 43.6 Å². The third-order valence-electron chi connectivity index (χ3n) is 4.32. The van der Waals surface area contributed by atoms with Crippen LogP contribution in [0.2, 0.25) is 0 Å². The van der Waals surface area contributed by atoms with Gasteiger partial charge in [0.2, 0.25) is 0 Å². The fraction of sp³-hybridized carbons (Fsp3) is 0.625. The van der Waals surface area contributed by atoms with E-state index < -0.39 is 0 Å². The Labute approximate surface area is 111 Å². The Morgan fingerprint density at radius 3 is 2.28 bits per heavy atom. The molecule has 1 aromatic rings. The molecular weight excluding hydrogens is 220 g/mol. The second-order valence-corrected chi connectivity index (χ2v) is 5.44. The van der Waals surface area contributed by atoms with Crippen LogP contribution in [-0.2, 0) is 0 Å². The first-order valence-corrected chi connectivity index (χ1v) is 7.35. The van der Waals surface area contributed by atoms with E-state index in [2.05, 4.69) is 43.0 Å². The van der Waals surface area contributed by atoms with Crippen molar-refractivity contribution in [2.45, 2.75) is 45.6 Å². The lowest BCUT2D eigenvalue weighted by Gasteiger charge is -2.33. The molecule has 0 amide bonds. The molecule has 100 valence electrons. The minimum Gasteiger partial charge on any atom is -0.372 e. The monoisotopic (exact) mass is 246 g/mol. The summed E-state index contributed by atoms with van der Waals surface area (Å²) in [4.78, 5) is 2.51. The van der Waals surface area contributed by atoms with Crippen molar-refractivity contribution in [2.24, 2.45) is 11.7 Å². The summed E-state index contributed by atoms with van der Waals surface area (Å²) in [6.45, 7) is 6.85. The summed E-state index contributed by atoms with van der Waals surface area (Å²) < 4.78 is 0. The van der Waals surface area contributed by atoms with E-state index in [1.807, 2.05) is 0 Å². The zero-order valence-corrected chi connectivity index (χ0v) is 11.7. The Hall–Kier alpha value is -1.02. The number of hydrogen-bond acceptors (Lipinski definition) is 2. The first-order valence-electron chi connectivity index (χ1n) is 7.35. The fourth-order valence-electron chi connectivity index (χ4n) is 2.77. The molecule has 0 aliphatic carbocycles. The summed E-state index contributed by atoms with van der Waals surface area (Å²) in [6.07, 6.45) is 5.01. The van der Waals surface area contributed by atoms with Gasteiger partial charge >= 0.3 is 0 Å². The highest BCUT2D eigenvalue weighted by Gasteiger charge is 2.17. The summed E-state index contributed by atoms with van der Waals surface area (Å²) >= 11 is 0. The molecule has 2 rings (SSSR count). The first kappa shape index (κ1) is 13.4. The average molecular weight is 246 g/mol. The van der Waals surface area contributed by atoms with E-state index in [9.17, 15) is 0 Å². The topological polar surface area (TPSA) is 29.3 Å². The number of nitrogens with two attached hydrogens (primary N) is 1. The Balaban J connectivity index is 1.98. The Morgan fingerprint density at radius 1 is 1.17 bits per heavy atom. The summed E-state index contributed by atoms with van der Waals surface area (Å²) in [5, 5.41) is 0. The molecule has 1 fully saturated rings. The molecule has 1 aliphatic rings. The number of rotatable bonds is 4. The smallest absolute Gasteiger partial charge is 0.0366 e. The van der Waals surface area contributed by atoms with E-state index in [4.69, 9.17) is 5.73 Å². The third kappa shape index (κ3) is 3.05. The quantitative estimate of drug-likeness (QED) is 0.877. The molecule has 1 heterocycles. The number of anilines is 1. The number of nitrogens with zero attached hydrogens (tertiary/aromatic N) is 1. The number of hydrogen-bond donors (Lipinski definition) is 1. The van der Waals surface area contributed by atoms with Gasteiger partial charge in [-0.2, -0.15) is 0 Å². The van der Waals surface area contributed by atoms with Crippen LogP contribution in [0.4, 0.5) is 5.69 Å². The van der Waals surface area contributed by atoms with Crippen LogP contribution in [0.3, 0.4) is 0 Å². The molecular formula is C16H26N2. The normalized spacial score (nSPS) is 18.9. The third-order valence-corrected chi connectivity index (χ3v) is 4.32. The lowest BCUT2D eigenvalue weighted by molar-refractivity contribution is 0.395. The van der Waals surface area contributed by atoms with E-state index in [-0.39, 0.29) is 6.04 Å². The van der Waals surface area contributed by atoms with Crippen molar-refractivity contribution in [3.63, 3.8) is 0 Å². The lowest BCUT2D eigenvalue weighted by atomic mass is 9.94. The Morgan fingerprint density at radius 2 is 1.78 bits per heavy atom. The average Bonchev–Trinajstić information content (AvgIpc) is 2.47. The highest BCUT2D eigenvalue weighted by molar-refractivity contribution is 5.48. The van der Waals surface area contributed by atoms with Gasteiger partial charge < -0.3 is 10.6 Å². The van der Waals surface area contributed by atoms with Gasteiger partial charge in [-0.3, -0.25) is 0 Å². The van der Waals surface area contributed by atoms with Gasteiger partial charge in [-0.05, 0) is 42.9 Å². The van der Waals surface area contributed by atoms with Crippen LogP contribution in [0.15, 0.2) is 24.3 Å². The first-order chi connectivity index (χ1) is 8.74. The summed E-state index contributed by atoms with van der Waals surface area (Å²) in [5.74, 6) is 0.939. The van der Waals surface area contributed by atoms with Crippen LogP contribution in [0, 0.1) is 5.92 Å². The summed E-state index contributed by atoms with van der Waals surface area (Å²) in [6, 6.07) is 9.03. The van der Waals surface area contributed by atoms with Gasteiger partial charge in [-0.15, -0.1) is 0 Å². The van der Waals surface area contributed by atoms with Crippen LogP contribution in [-0.4, -0.2) is 13.1 Å². The second-order valence-electron chi connectivity index (χ2n) is 5.44. The van der Waals surface area contributed by atoms with E-state index in [1.54, 1.807) is 0 Å². The standard InChI is InChI=1S/C16H26N2/c1-3-13-9-11-18(12-10-13)15-7-5-14(6-8-15)16(17)4-2/h5-8,13,16H,3-4,9-12,17H2,1-2H3/t16-/m0/s1. The second kappa shape index (κ2) is 6.24. The predicted molar refractivity (Wildman–Crippen MR) is 78.9 cm³/mol. The van der Waals surface area contributed by atoms with Crippen LogP contribution in [0.25, 0.3) is 0 Å². The van der Waals surface area contributed by atoms with Crippen LogP contribution < -0.4 is 10.6 Å². The van der Waals surface area contributed by atoms with Gasteiger partial charge in [0.05, 0.1) is 0 Å². The fourth-order valence-corrected chi connectivity index (χ4v) is 2.77. The van der Waals surface area contributed by atoms with Crippen molar-refractivity contribution in [3.8, 4) is 0 Å². The van der Waals surface area contributed by atoms with Crippen molar-refractivity contribution in [2.75, 3.05) is 18.0 Å². The molecule has 1 atom stereocenters. The minimum absolute atomic E-state index is 0.185. The molecule has 0 bridgehead atoms. The van der Waals surface area contributed by atoms with Crippen LogP contribution in [0.5, 0.6) is 0 Å². The SMILES string of the molecule is CCC1CCN(c2ccc([C@@H](N)CC)cc2)CC1.